The summed E-state index contributed by atoms with van der Waals surface area (Å²) in [6.07, 6.45) is 0.966. The van der Waals surface area contributed by atoms with Crippen LogP contribution >= 0.6 is 0 Å². The molecule has 0 fully saturated rings. The fraction of sp³-hybridized carbons (Fsp3) is 0.909. The Bertz CT molecular complexity index is 171. The van der Waals surface area contributed by atoms with E-state index in [-0.39, 0.29) is 12.5 Å². The maximum absolute atomic E-state index is 11.7. The van der Waals surface area contributed by atoms with E-state index in [2.05, 4.69) is 13.8 Å². The highest BCUT2D eigenvalue weighted by molar-refractivity contribution is 5.76. The summed E-state index contributed by atoms with van der Waals surface area (Å²) >= 11 is 0. The number of hydrogen-bond acceptors (Lipinski definition) is 3. The number of ether oxygens (including phenoxy) is 1. The molecule has 0 spiro atoms. The van der Waals surface area contributed by atoms with Crippen LogP contribution in [0.3, 0.4) is 0 Å². The summed E-state index contributed by atoms with van der Waals surface area (Å²) < 4.78 is 4.97. The van der Waals surface area contributed by atoms with Crippen molar-refractivity contribution in [2.24, 2.45) is 5.92 Å². The minimum Gasteiger partial charge on any atom is -0.396 e. The first-order chi connectivity index (χ1) is 7.11. The lowest BCUT2D eigenvalue weighted by Gasteiger charge is -2.24. The molecule has 0 aliphatic rings. The fourth-order valence-corrected chi connectivity index (χ4v) is 1.35. The van der Waals surface area contributed by atoms with Crippen molar-refractivity contribution in [2.45, 2.75) is 26.7 Å². The van der Waals surface area contributed by atoms with Crippen molar-refractivity contribution >= 4 is 5.91 Å². The Morgan fingerprint density at radius 3 is 2.60 bits per heavy atom. The summed E-state index contributed by atoms with van der Waals surface area (Å²) in [4.78, 5) is 13.5. The average Bonchev–Trinajstić information content (AvgIpc) is 2.20. The van der Waals surface area contributed by atoms with Gasteiger partial charge in [0, 0.05) is 33.2 Å². The number of nitrogens with zero attached hydrogens (tertiary/aromatic N) is 1. The Morgan fingerprint density at radius 1 is 1.47 bits per heavy atom. The van der Waals surface area contributed by atoms with Crippen LogP contribution in [0.15, 0.2) is 0 Å². The van der Waals surface area contributed by atoms with Crippen LogP contribution in [-0.4, -0.2) is 49.3 Å². The van der Waals surface area contributed by atoms with Gasteiger partial charge in [-0.15, -0.1) is 0 Å². The summed E-state index contributed by atoms with van der Waals surface area (Å²) in [5.74, 6) is 0.565. The van der Waals surface area contributed by atoms with Crippen LogP contribution in [0.4, 0.5) is 0 Å². The normalized spacial score (nSPS) is 10.7. The lowest BCUT2D eigenvalue weighted by molar-refractivity contribution is -0.132. The summed E-state index contributed by atoms with van der Waals surface area (Å²) in [5, 5.41) is 8.66. The van der Waals surface area contributed by atoms with Gasteiger partial charge in [-0.05, 0) is 12.3 Å². The Balaban J connectivity index is 4.02. The number of carbonyl (C=O) groups is 1. The molecule has 0 bridgehead atoms. The van der Waals surface area contributed by atoms with Crippen molar-refractivity contribution in [2.75, 3.05) is 33.4 Å². The third kappa shape index (κ3) is 7.33. The van der Waals surface area contributed by atoms with Crippen LogP contribution < -0.4 is 0 Å². The minimum atomic E-state index is 0.0749. The minimum absolute atomic E-state index is 0.0749. The molecule has 90 valence electrons. The molecule has 0 saturated heterocycles. The summed E-state index contributed by atoms with van der Waals surface area (Å²) in [5.41, 5.74) is 0. The lowest BCUT2D eigenvalue weighted by atomic mass is 10.2. The smallest absolute Gasteiger partial charge is 0.222 e. The van der Waals surface area contributed by atoms with Crippen LogP contribution in [0.5, 0.6) is 0 Å². The number of hydrogen-bond donors (Lipinski definition) is 1. The molecule has 0 rings (SSSR count). The maximum Gasteiger partial charge on any atom is 0.222 e. The summed E-state index contributed by atoms with van der Waals surface area (Å²) in [6.45, 7) is 6.20. The molecule has 4 nitrogen and oxygen atoms in total. The van der Waals surface area contributed by atoms with E-state index in [1.54, 1.807) is 7.11 Å². The first-order valence-electron chi connectivity index (χ1n) is 5.49. The van der Waals surface area contributed by atoms with Gasteiger partial charge in [-0.25, -0.2) is 0 Å². The zero-order chi connectivity index (χ0) is 11.7. The van der Waals surface area contributed by atoms with E-state index < -0.39 is 0 Å². The number of aliphatic hydroxyl groups is 1. The molecular weight excluding hydrogens is 194 g/mol. The molecule has 0 aromatic carbocycles. The molecular formula is C11H23NO3. The van der Waals surface area contributed by atoms with E-state index in [0.717, 1.165) is 6.54 Å². The molecule has 0 aromatic rings. The number of rotatable bonds is 8. The topological polar surface area (TPSA) is 49.8 Å². The molecule has 4 heteroatoms. The van der Waals surface area contributed by atoms with Crippen molar-refractivity contribution < 1.29 is 14.6 Å². The SMILES string of the molecule is COCCN(CC(C)C)C(=O)CCCO. The van der Waals surface area contributed by atoms with Gasteiger partial charge < -0.3 is 14.7 Å². The molecule has 0 saturated carbocycles. The zero-order valence-corrected chi connectivity index (χ0v) is 10.0. The Kier molecular flexibility index (Phi) is 8.33. The second kappa shape index (κ2) is 8.68. The molecule has 0 aromatic heterocycles. The highest BCUT2D eigenvalue weighted by atomic mass is 16.5. The van der Waals surface area contributed by atoms with Gasteiger partial charge in [0.1, 0.15) is 0 Å². The molecule has 1 N–H and O–H groups in total. The highest BCUT2D eigenvalue weighted by Crippen LogP contribution is 2.03. The van der Waals surface area contributed by atoms with Crippen molar-refractivity contribution in [1.82, 2.24) is 4.90 Å². The molecule has 0 heterocycles. The van der Waals surface area contributed by atoms with E-state index in [9.17, 15) is 4.79 Å². The van der Waals surface area contributed by atoms with Gasteiger partial charge in [-0.3, -0.25) is 4.79 Å². The quantitative estimate of drug-likeness (QED) is 0.657. The van der Waals surface area contributed by atoms with E-state index >= 15 is 0 Å². The largest absolute Gasteiger partial charge is 0.396 e. The van der Waals surface area contributed by atoms with Gasteiger partial charge in [-0.2, -0.15) is 0 Å². The van der Waals surface area contributed by atoms with E-state index in [0.29, 0.717) is 31.9 Å². The Hall–Kier alpha value is -0.610. The second-order valence-corrected chi connectivity index (χ2v) is 4.05. The van der Waals surface area contributed by atoms with Crippen molar-refractivity contribution in [3.8, 4) is 0 Å². The van der Waals surface area contributed by atoms with Crippen molar-refractivity contribution in [3.63, 3.8) is 0 Å². The van der Waals surface area contributed by atoms with Gasteiger partial charge in [0.05, 0.1) is 6.61 Å². The van der Waals surface area contributed by atoms with Gasteiger partial charge in [0.15, 0.2) is 0 Å². The van der Waals surface area contributed by atoms with E-state index in [4.69, 9.17) is 9.84 Å². The molecule has 0 aliphatic heterocycles. The Morgan fingerprint density at radius 2 is 2.13 bits per heavy atom. The molecule has 0 radical (unpaired) electrons. The zero-order valence-electron chi connectivity index (χ0n) is 10.0. The first-order valence-corrected chi connectivity index (χ1v) is 5.49. The van der Waals surface area contributed by atoms with Crippen LogP contribution in [-0.2, 0) is 9.53 Å². The number of amides is 1. The van der Waals surface area contributed by atoms with Crippen LogP contribution in [0.25, 0.3) is 0 Å². The monoisotopic (exact) mass is 217 g/mol. The van der Waals surface area contributed by atoms with Crippen LogP contribution in [0, 0.1) is 5.92 Å². The molecule has 0 atom stereocenters. The van der Waals surface area contributed by atoms with Crippen LogP contribution in [0.2, 0.25) is 0 Å². The third-order valence-corrected chi connectivity index (χ3v) is 2.05. The van der Waals surface area contributed by atoms with Gasteiger partial charge in [0.2, 0.25) is 5.91 Å². The molecule has 0 aliphatic carbocycles. The number of carbonyl (C=O) groups excluding carboxylic acids is 1. The fourth-order valence-electron chi connectivity index (χ4n) is 1.35. The Labute approximate surface area is 92.2 Å². The molecule has 0 unspecified atom stereocenters. The third-order valence-electron chi connectivity index (χ3n) is 2.05. The molecule has 1 amide bonds. The van der Waals surface area contributed by atoms with Crippen molar-refractivity contribution in [3.05, 3.63) is 0 Å². The highest BCUT2D eigenvalue weighted by Gasteiger charge is 2.13. The van der Waals surface area contributed by atoms with Gasteiger partial charge in [0.25, 0.3) is 0 Å². The average molecular weight is 217 g/mol. The van der Waals surface area contributed by atoms with Gasteiger partial charge in [-0.1, -0.05) is 13.8 Å². The summed E-state index contributed by atoms with van der Waals surface area (Å²) in [7, 11) is 1.63. The summed E-state index contributed by atoms with van der Waals surface area (Å²) in [6, 6.07) is 0. The van der Waals surface area contributed by atoms with E-state index in [1.807, 2.05) is 4.90 Å². The maximum atomic E-state index is 11.7. The van der Waals surface area contributed by atoms with E-state index in [1.165, 1.54) is 0 Å². The molecule has 15 heavy (non-hydrogen) atoms. The number of methoxy groups -OCH3 is 1. The first kappa shape index (κ1) is 14.4. The standard InChI is InChI=1S/C11H23NO3/c1-10(2)9-12(6-8-15-3)11(14)5-4-7-13/h10,13H,4-9H2,1-3H3. The second-order valence-electron chi connectivity index (χ2n) is 4.05. The predicted octanol–water partition coefficient (Wildman–Crippen LogP) is 0.890. The van der Waals surface area contributed by atoms with Gasteiger partial charge >= 0.3 is 0 Å². The number of aliphatic hydroxyl groups excluding tert-OH is 1. The predicted molar refractivity (Wildman–Crippen MR) is 59.6 cm³/mol. The van der Waals surface area contributed by atoms with Crippen molar-refractivity contribution in [1.29, 1.82) is 0 Å². The van der Waals surface area contributed by atoms with Crippen LogP contribution in [0.1, 0.15) is 26.7 Å². The lowest BCUT2D eigenvalue weighted by Crippen LogP contribution is -2.36.